The Balaban J connectivity index is 1.77. The van der Waals surface area contributed by atoms with Crippen molar-refractivity contribution in [1.29, 1.82) is 0 Å². The van der Waals surface area contributed by atoms with Crippen LogP contribution in [0.5, 0.6) is 0 Å². The van der Waals surface area contributed by atoms with Gasteiger partial charge >= 0.3 is 5.97 Å². The van der Waals surface area contributed by atoms with Crippen LogP contribution in [-0.2, 0) is 30.4 Å². The molecule has 0 radical (unpaired) electrons. The van der Waals surface area contributed by atoms with Crippen molar-refractivity contribution in [2.24, 2.45) is 11.5 Å². The Hall–Kier alpha value is -3.93. The van der Waals surface area contributed by atoms with Crippen LogP contribution >= 0.6 is 0 Å². The number of carbonyl (C=O) groups excluding carboxylic acids is 4. The number of carboxylic acid groups (broad SMARTS) is 1. The number of fused-ring (bicyclic) bond motifs is 1. The zero-order valence-electron chi connectivity index (χ0n) is 20.0. The van der Waals surface area contributed by atoms with E-state index in [0.717, 1.165) is 16.5 Å². The molecule has 1 saturated heterocycles. The van der Waals surface area contributed by atoms with Gasteiger partial charge in [-0.3, -0.25) is 24.0 Å². The van der Waals surface area contributed by atoms with Gasteiger partial charge in [0.25, 0.3) is 0 Å². The zero-order valence-corrected chi connectivity index (χ0v) is 20.0. The highest BCUT2D eigenvalue weighted by molar-refractivity contribution is 5.95. The molecule has 1 fully saturated rings. The number of carbonyl (C=O) groups is 5. The second kappa shape index (κ2) is 11.7. The van der Waals surface area contributed by atoms with Crippen LogP contribution < -0.4 is 22.1 Å². The highest BCUT2D eigenvalue weighted by Crippen LogP contribution is 2.21. The molecule has 0 aliphatic carbocycles. The van der Waals surface area contributed by atoms with E-state index in [9.17, 15) is 29.1 Å². The second-order valence-electron chi connectivity index (χ2n) is 8.99. The number of likely N-dealkylation sites (tertiary alicyclic amines) is 1. The average Bonchev–Trinajstić information content (AvgIpc) is 3.49. The van der Waals surface area contributed by atoms with Gasteiger partial charge in [0.15, 0.2) is 0 Å². The predicted molar refractivity (Wildman–Crippen MR) is 130 cm³/mol. The molecule has 1 aromatic heterocycles. The summed E-state index contributed by atoms with van der Waals surface area (Å²) in [5, 5.41) is 15.2. The van der Waals surface area contributed by atoms with Gasteiger partial charge in [-0.05, 0) is 37.8 Å². The number of amides is 4. The first-order valence-corrected chi connectivity index (χ1v) is 11.8. The Bertz CT molecular complexity index is 1150. The lowest BCUT2D eigenvalue weighted by Gasteiger charge is -2.28. The van der Waals surface area contributed by atoms with Crippen molar-refractivity contribution in [2.75, 3.05) is 6.54 Å². The number of rotatable bonds is 11. The van der Waals surface area contributed by atoms with Gasteiger partial charge in [0.1, 0.15) is 18.1 Å². The van der Waals surface area contributed by atoms with Crippen LogP contribution in [0.1, 0.15) is 38.2 Å². The molecule has 0 saturated carbocycles. The minimum atomic E-state index is -1.21. The molecular weight excluding hydrogens is 468 g/mol. The normalized spacial score (nSPS) is 17.8. The summed E-state index contributed by atoms with van der Waals surface area (Å²) in [6.07, 6.45) is 2.81. The number of primary amides is 1. The van der Waals surface area contributed by atoms with Crippen LogP contribution in [-0.4, -0.2) is 75.3 Å². The Labute approximate surface area is 207 Å². The van der Waals surface area contributed by atoms with Crippen LogP contribution in [0, 0.1) is 0 Å². The largest absolute Gasteiger partial charge is 0.480 e. The Morgan fingerprint density at radius 1 is 1.19 bits per heavy atom. The number of carboxylic acids is 1. The standard InChI is InChI=1S/C24H32N6O6/c1-13(24(35)36)28-21(32)18(11-14-12-27-17-6-3-2-5-15(14)17)29-22(33)19-7-4-10-30(19)23(34)16(25)8-9-20(26)31/h2-3,5-6,12-13,16,18-19,27H,4,7-11,25H2,1H3,(H2,26,31)(H,28,32)(H,29,33)(H,35,36). The maximum Gasteiger partial charge on any atom is 0.325 e. The zero-order chi connectivity index (χ0) is 26.4. The van der Waals surface area contributed by atoms with Crippen LogP contribution in [0.2, 0.25) is 0 Å². The van der Waals surface area contributed by atoms with E-state index < -0.39 is 53.8 Å². The molecular formula is C24H32N6O6. The van der Waals surface area contributed by atoms with Gasteiger partial charge in [-0.2, -0.15) is 0 Å². The Kier molecular flexibility index (Phi) is 8.64. The van der Waals surface area contributed by atoms with E-state index in [4.69, 9.17) is 11.5 Å². The molecule has 12 nitrogen and oxygen atoms in total. The lowest BCUT2D eigenvalue weighted by Crippen LogP contribution is -2.57. The summed E-state index contributed by atoms with van der Waals surface area (Å²) in [7, 11) is 0. The fraction of sp³-hybridized carbons (Fsp3) is 0.458. The maximum absolute atomic E-state index is 13.3. The average molecular weight is 501 g/mol. The quantitative estimate of drug-likeness (QED) is 0.236. The third-order valence-electron chi connectivity index (χ3n) is 6.32. The number of benzene rings is 1. The molecule has 36 heavy (non-hydrogen) atoms. The molecule has 0 spiro atoms. The SMILES string of the molecule is CC(NC(=O)C(Cc1c[nH]c2ccccc12)NC(=O)C1CCCN1C(=O)C(N)CCC(N)=O)C(=O)O. The molecule has 194 valence electrons. The summed E-state index contributed by atoms with van der Waals surface area (Å²) < 4.78 is 0. The molecule has 1 aromatic carbocycles. The molecule has 2 aromatic rings. The first kappa shape index (κ1) is 26.7. The maximum atomic E-state index is 13.3. The van der Waals surface area contributed by atoms with Gasteiger partial charge in [-0.25, -0.2) is 0 Å². The van der Waals surface area contributed by atoms with E-state index in [1.165, 1.54) is 11.8 Å². The number of aliphatic carboxylic acids is 1. The number of nitrogens with zero attached hydrogens (tertiary/aromatic N) is 1. The van der Waals surface area contributed by atoms with E-state index in [-0.39, 0.29) is 19.3 Å². The van der Waals surface area contributed by atoms with Gasteiger partial charge in [0.2, 0.25) is 23.6 Å². The predicted octanol–water partition coefficient (Wildman–Crippen LogP) is -0.632. The van der Waals surface area contributed by atoms with Crippen molar-refractivity contribution in [1.82, 2.24) is 20.5 Å². The summed E-state index contributed by atoms with van der Waals surface area (Å²) >= 11 is 0. The second-order valence-corrected chi connectivity index (χ2v) is 8.99. The molecule has 3 rings (SSSR count). The number of hydrogen-bond donors (Lipinski definition) is 6. The molecule has 12 heteroatoms. The Morgan fingerprint density at radius 2 is 1.92 bits per heavy atom. The fourth-order valence-corrected chi connectivity index (χ4v) is 4.31. The molecule has 4 unspecified atom stereocenters. The molecule has 0 bridgehead atoms. The summed E-state index contributed by atoms with van der Waals surface area (Å²) in [5.74, 6) is -3.44. The number of aromatic amines is 1. The topological polar surface area (TPSA) is 201 Å². The Morgan fingerprint density at radius 3 is 2.61 bits per heavy atom. The van der Waals surface area contributed by atoms with Crippen LogP contribution in [0.3, 0.4) is 0 Å². The minimum Gasteiger partial charge on any atom is -0.480 e. The van der Waals surface area contributed by atoms with Crippen molar-refractivity contribution < 1.29 is 29.1 Å². The van der Waals surface area contributed by atoms with Gasteiger partial charge in [-0.1, -0.05) is 18.2 Å². The van der Waals surface area contributed by atoms with Crippen molar-refractivity contribution in [3.05, 3.63) is 36.0 Å². The third kappa shape index (κ3) is 6.39. The van der Waals surface area contributed by atoms with E-state index in [0.29, 0.717) is 19.4 Å². The van der Waals surface area contributed by atoms with E-state index in [1.54, 1.807) is 6.20 Å². The summed E-state index contributed by atoms with van der Waals surface area (Å²) in [6.45, 7) is 1.65. The van der Waals surface area contributed by atoms with E-state index in [1.807, 2.05) is 24.3 Å². The minimum absolute atomic E-state index is 0.0494. The summed E-state index contributed by atoms with van der Waals surface area (Å²) in [4.78, 5) is 65.9. The molecule has 8 N–H and O–H groups in total. The summed E-state index contributed by atoms with van der Waals surface area (Å²) in [6, 6.07) is 3.41. The molecule has 2 heterocycles. The lowest BCUT2D eigenvalue weighted by molar-refractivity contribution is -0.142. The van der Waals surface area contributed by atoms with Crippen LogP contribution in [0.4, 0.5) is 0 Å². The first-order chi connectivity index (χ1) is 17.1. The molecule has 1 aliphatic heterocycles. The molecule has 4 amide bonds. The lowest BCUT2D eigenvalue weighted by atomic mass is 10.0. The van der Waals surface area contributed by atoms with Crippen molar-refractivity contribution in [3.8, 4) is 0 Å². The highest BCUT2D eigenvalue weighted by Gasteiger charge is 2.38. The number of aromatic nitrogens is 1. The molecule has 4 atom stereocenters. The first-order valence-electron chi connectivity index (χ1n) is 11.8. The van der Waals surface area contributed by atoms with Gasteiger partial charge < -0.3 is 37.1 Å². The van der Waals surface area contributed by atoms with E-state index in [2.05, 4.69) is 15.6 Å². The summed E-state index contributed by atoms with van der Waals surface area (Å²) in [5.41, 5.74) is 12.7. The number of nitrogens with two attached hydrogens (primary N) is 2. The fourth-order valence-electron chi connectivity index (χ4n) is 4.31. The van der Waals surface area contributed by atoms with Crippen LogP contribution in [0.25, 0.3) is 10.9 Å². The smallest absolute Gasteiger partial charge is 0.325 e. The van der Waals surface area contributed by atoms with Gasteiger partial charge in [-0.15, -0.1) is 0 Å². The van der Waals surface area contributed by atoms with Crippen molar-refractivity contribution in [3.63, 3.8) is 0 Å². The third-order valence-corrected chi connectivity index (χ3v) is 6.32. The monoisotopic (exact) mass is 500 g/mol. The van der Waals surface area contributed by atoms with Gasteiger partial charge in [0.05, 0.1) is 6.04 Å². The van der Waals surface area contributed by atoms with Crippen molar-refractivity contribution >= 4 is 40.5 Å². The number of hydrogen-bond acceptors (Lipinski definition) is 6. The van der Waals surface area contributed by atoms with Crippen LogP contribution in [0.15, 0.2) is 30.5 Å². The molecule has 1 aliphatic rings. The van der Waals surface area contributed by atoms with Gasteiger partial charge in [0, 0.05) is 36.5 Å². The van der Waals surface area contributed by atoms with E-state index >= 15 is 0 Å². The number of para-hydroxylation sites is 1. The number of nitrogens with one attached hydrogen (secondary N) is 3. The van der Waals surface area contributed by atoms with Crippen molar-refractivity contribution in [2.45, 2.75) is 63.2 Å². The highest BCUT2D eigenvalue weighted by atomic mass is 16.4. The number of H-pyrrole nitrogens is 1.